The Kier molecular flexibility index (Phi) is 4.01. The Balaban J connectivity index is 2.21. The average molecular weight is 347 g/mol. The van der Waals surface area contributed by atoms with Gasteiger partial charge in [0.15, 0.2) is 5.84 Å². The van der Waals surface area contributed by atoms with E-state index >= 15 is 0 Å². The smallest absolute Gasteiger partial charge is 0.238 e. The summed E-state index contributed by atoms with van der Waals surface area (Å²) in [6.45, 7) is 0. The molecule has 4 N–H and O–H groups in total. The number of benzene rings is 1. The van der Waals surface area contributed by atoms with Crippen LogP contribution in [0.2, 0.25) is 5.02 Å². The number of rotatable bonds is 3. The molecular formula is C12H13BrClN3O2. The van der Waals surface area contributed by atoms with Crippen molar-refractivity contribution in [3.63, 3.8) is 0 Å². The highest BCUT2D eigenvalue weighted by atomic mass is 79.9. The highest BCUT2D eigenvalue weighted by Crippen LogP contribution is 2.42. The second kappa shape index (κ2) is 5.38. The summed E-state index contributed by atoms with van der Waals surface area (Å²) in [6.07, 6.45) is 2.05. The Morgan fingerprint density at radius 3 is 2.68 bits per heavy atom. The van der Waals surface area contributed by atoms with Crippen molar-refractivity contribution in [2.75, 3.05) is 5.32 Å². The Morgan fingerprint density at radius 2 is 2.21 bits per heavy atom. The second-order valence-corrected chi connectivity index (χ2v) is 5.79. The topological polar surface area (TPSA) is 87.7 Å². The van der Waals surface area contributed by atoms with Gasteiger partial charge in [0.25, 0.3) is 0 Å². The van der Waals surface area contributed by atoms with E-state index in [-0.39, 0.29) is 11.7 Å². The Hall–Kier alpha value is -1.27. The zero-order valence-corrected chi connectivity index (χ0v) is 12.3. The van der Waals surface area contributed by atoms with E-state index in [0.717, 1.165) is 6.42 Å². The maximum atomic E-state index is 12.3. The van der Waals surface area contributed by atoms with Crippen LogP contribution in [0.25, 0.3) is 0 Å². The summed E-state index contributed by atoms with van der Waals surface area (Å²) in [5.41, 5.74) is 5.34. The van der Waals surface area contributed by atoms with Gasteiger partial charge in [-0.15, -0.1) is 0 Å². The molecule has 1 aromatic rings. The average Bonchev–Trinajstić information content (AvgIpc) is 2.31. The molecule has 0 unspecified atom stereocenters. The number of carbonyl (C=O) groups is 1. The third-order valence-electron chi connectivity index (χ3n) is 3.42. The molecule has 1 amide bonds. The van der Waals surface area contributed by atoms with E-state index in [9.17, 15) is 4.79 Å². The first kappa shape index (κ1) is 14.1. The molecule has 0 saturated heterocycles. The molecule has 0 spiro atoms. The summed E-state index contributed by atoms with van der Waals surface area (Å²) in [5, 5.41) is 15.1. The predicted molar refractivity (Wildman–Crippen MR) is 77.5 cm³/mol. The number of anilines is 1. The largest absolute Gasteiger partial charge is 0.409 e. The number of oxime groups is 1. The molecule has 7 heteroatoms. The predicted octanol–water partition coefficient (Wildman–Crippen LogP) is 2.96. The van der Waals surface area contributed by atoms with Crippen molar-refractivity contribution < 1.29 is 10.0 Å². The molecular weight excluding hydrogens is 334 g/mol. The zero-order valence-electron chi connectivity index (χ0n) is 9.99. The number of carbonyl (C=O) groups excluding carboxylic acids is 1. The Morgan fingerprint density at radius 1 is 1.53 bits per heavy atom. The number of hydrogen-bond donors (Lipinski definition) is 3. The van der Waals surface area contributed by atoms with E-state index < -0.39 is 5.41 Å². The molecule has 1 saturated carbocycles. The maximum absolute atomic E-state index is 12.3. The van der Waals surface area contributed by atoms with Crippen LogP contribution < -0.4 is 11.1 Å². The van der Waals surface area contributed by atoms with Crippen LogP contribution in [0.4, 0.5) is 5.69 Å². The molecule has 2 rings (SSSR count). The number of nitrogens with two attached hydrogens (primary N) is 1. The normalized spacial score (nSPS) is 17.7. The summed E-state index contributed by atoms with van der Waals surface area (Å²) in [5.74, 6) is -0.307. The van der Waals surface area contributed by atoms with Crippen molar-refractivity contribution in [1.82, 2.24) is 0 Å². The molecule has 1 fully saturated rings. The van der Waals surface area contributed by atoms with Gasteiger partial charge < -0.3 is 16.3 Å². The van der Waals surface area contributed by atoms with Crippen LogP contribution in [0.1, 0.15) is 19.3 Å². The lowest BCUT2D eigenvalue weighted by molar-refractivity contribution is -0.125. The molecule has 1 aliphatic carbocycles. The van der Waals surface area contributed by atoms with Crippen LogP contribution in [0, 0.1) is 5.41 Å². The molecule has 0 heterocycles. The van der Waals surface area contributed by atoms with Gasteiger partial charge in [-0.05, 0) is 47.0 Å². The molecule has 0 bridgehead atoms. The minimum atomic E-state index is -0.895. The minimum Gasteiger partial charge on any atom is -0.409 e. The van der Waals surface area contributed by atoms with Gasteiger partial charge in [-0.25, -0.2) is 0 Å². The molecule has 1 aliphatic rings. The van der Waals surface area contributed by atoms with Gasteiger partial charge in [0, 0.05) is 9.50 Å². The standard InChI is InChI=1S/C12H13BrClN3O2/c13-8-6-7(14)2-3-9(8)16-11(18)12(4-1-5-12)10(15)17-19/h2-3,6,19H,1,4-5H2,(H2,15,17)(H,16,18). The van der Waals surface area contributed by atoms with Crippen molar-refractivity contribution in [2.45, 2.75) is 19.3 Å². The van der Waals surface area contributed by atoms with Crippen molar-refractivity contribution >= 4 is 45.0 Å². The molecule has 5 nitrogen and oxygen atoms in total. The van der Waals surface area contributed by atoms with Gasteiger partial charge in [-0.3, -0.25) is 4.79 Å². The lowest BCUT2D eigenvalue weighted by Gasteiger charge is -2.38. The van der Waals surface area contributed by atoms with E-state index in [1.807, 2.05) is 0 Å². The molecule has 19 heavy (non-hydrogen) atoms. The lowest BCUT2D eigenvalue weighted by Crippen LogP contribution is -2.51. The Bertz CT molecular complexity index is 544. The SMILES string of the molecule is N/C(=N/O)C1(C(=O)Nc2ccc(Cl)cc2Br)CCC1. The Labute approximate surface area is 123 Å². The van der Waals surface area contributed by atoms with Crippen LogP contribution in [-0.4, -0.2) is 17.0 Å². The third kappa shape index (κ3) is 2.55. The van der Waals surface area contributed by atoms with Crippen LogP contribution in [-0.2, 0) is 4.79 Å². The number of amides is 1. The summed E-state index contributed by atoms with van der Waals surface area (Å²) in [4.78, 5) is 12.3. The van der Waals surface area contributed by atoms with Gasteiger partial charge in [-0.2, -0.15) is 0 Å². The van der Waals surface area contributed by atoms with Crippen LogP contribution in [0.3, 0.4) is 0 Å². The third-order valence-corrected chi connectivity index (χ3v) is 4.31. The molecule has 0 aliphatic heterocycles. The van der Waals surface area contributed by atoms with Crippen molar-refractivity contribution in [3.05, 3.63) is 27.7 Å². The van der Waals surface area contributed by atoms with Crippen LogP contribution >= 0.6 is 27.5 Å². The van der Waals surface area contributed by atoms with Gasteiger partial charge >= 0.3 is 0 Å². The van der Waals surface area contributed by atoms with Crippen LogP contribution in [0.15, 0.2) is 27.8 Å². The quantitative estimate of drug-likeness (QED) is 0.340. The van der Waals surface area contributed by atoms with Gasteiger partial charge in [-0.1, -0.05) is 23.2 Å². The number of hydrogen-bond acceptors (Lipinski definition) is 3. The van der Waals surface area contributed by atoms with Crippen LogP contribution in [0.5, 0.6) is 0 Å². The van der Waals surface area contributed by atoms with E-state index in [2.05, 4.69) is 26.4 Å². The first-order valence-electron chi connectivity index (χ1n) is 5.74. The fraction of sp³-hybridized carbons (Fsp3) is 0.333. The first-order chi connectivity index (χ1) is 8.99. The monoisotopic (exact) mass is 345 g/mol. The molecule has 1 aromatic carbocycles. The van der Waals surface area contributed by atoms with Gasteiger partial charge in [0.1, 0.15) is 5.41 Å². The van der Waals surface area contributed by atoms with Gasteiger partial charge in [0.2, 0.25) is 5.91 Å². The fourth-order valence-corrected chi connectivity index (χ4v) is 2.84. The highest BCUT2D eigenvalue weighted by Gasteiger charge is 2.48. The zero-order chi connectivity index (χ0) is 14.0. The fourth-order valence-electron chi connectivity index (χ4n) is 2.06. The minimum absolute atomic E-state index is 0.0404. The molecule has 0 atom stereocenters. The van der Waals surface area contributed by atoms with E-state index in [4.69, 9.17) is 22.5 Å². The molecule has 0 aromatic heterocycles. The molecule has 0 radical (unpaired) electrons. The maximum Gasteiger partial charge on any atom is 0.238 e. The highest BCUT2D eigenvalue weighted by molar-refractivity contribution is 9.10. The van der Waals surface area contributed by atoms with Gasteiger partial charge in [0.05, 0.1) is 5.69 Å². The number of nitrogens with zero attached hydrogens (tertiary/aromatic N) is 1. The van der Waals surface area contributed by atoms with E-state index in [1.165, 1.54) is 0 Å². The molecule has 102 valence electrons. The summed E-state index contributed by atoms with van der Waals surface area (Å²) >= 11 is 9.17. The number of nitrogens with one attached hydrogen (secondary N) is 1. The summed E-state index contributed by atoms with van der Waals surface area (Å²) in [7, 11) is 0. The summed E-state index contributed by atoms with van der Waals surface area (Å²) < 4.78 is 0.683. The van der Waals surface area contributed by atoms with Crippen molar-refractivity contribution in [1.29, 1.82) is 0 Å². The van der Waals surface area contributed by atoms with E-state index in [0.29, 0.717) is 28.0 Å². The second-order valence-electron chi connectivity index (χ2n) is 4.50. The summed E-state index contributed by atoms with van der Waals surface area (Å²) in [6, 6.07) is 5.07. The van der Waals surface area contributed by atoms with Crippen molar-refractivity contribution in [2.24, 2.45) is 16.3 Å². The van der Waals surface area contributed by atoms with E-state index in [1.54, 1.807) is 18.2 Å². The lowest BCUT2D eigenvalue weighted by atomic mass is 9.67. The number of halogens is 2. The van der Waals surface area contributed by atoms with Crippen molar-refractivity contribution in [3.8, 4) is 0 Å². The number of amidine groups is 1. The first-order valence-corrected chi connectivity index (χ1v) is 6.91.